The van der Waals surface area contributed by atoms with Gasteiger partial charge in [0.2, 0.25) is 5.95 Å². The number of nitrogen functional groups attached to an aromatic ring is 1. The van der Waals surface area contributed by atoms with Crippen LogP contribution in [0.25, 0.3) is 11.3 Å². The third-order valence-corrected chi connectivity index (χ3v) is 2.66. The van der Waals surface area contributed by atoms with Crippen molar-refractivity contribution in [3.8, 4) is 11.3 Å². The Morgan fingerprint density at radius 3 is 2.53 bits per heavy atom. The Hall–Kier alpha value is -1.88. The van der Waals surface area contributed by atoms with Crippen LogP contribution in [0.2, 0.25) is 0 Å². The molecule has 1 heterocycles. The van der Waals surface area contributed by atoms with Crippen LogP contribution in [0.5, 0.6) is 0 Å². The fourth-order valence-corrected chi connectivity index (χ4v) is 1.81. The molecule has 0 spiro atoms. The van der Waals surface area contributed by atoms with Gasteiger partial charge in [0.05, 0.1) is 5.69 Å². The molecule has 17 heavy (non-hydrogen) atoms. The Morgan fingerprint density at radius 2 is 1.88 bits per heavy atom. The molecule has 3 N–H and O–H groups in total. The largest absolute Gasteiger partial charge is 0.396 e. The maximum absolute atomic E-state index is 9.00. The van der Waals surface area contributed by atoms with Gasteiger partial charge in [-0.2, -0.15) is 0 Å². The van der Waals surface area contributed by atoms with Crippen LogP contribution in [0.4, 0.5) is 5.95 Å². The first-order valence-corrected chi connectivity index (χ1v) is 5.51. The third-order valence-electron chi connectivity index (χ3n) is 2.66. The molecule has 0 saturated carbocycles. The topological polar surface area (TPSA) is 72.0 Å². The van der Waals surface area contributed by atoms with Crippen molar-refractivity contribution in [2.45, 2.75) is 6.42 Å². The smallest absolute Gasteiger partial charge is 0.220 e. The number of anilines is 1. The highest BCUT2D eigenvalue weighted by atomic mass is 16.3. The molecule has 0 aliphatic rings. The Morgan fingerprint density at radius 1 is 1.18 bits per heavy atom. The monoisotopic (exact) mass is 227 g/mol. The maximum Gasteiger partial charge on any atom is 0.220 e. The molecule has 2 aromatic rings. The molecule has 0 aliphatic carbocycles. The van der Waals surface area contributed by atoms with Crippen molar-refractivity contribution < 1.29 is 5.11 Å². The van der Waals surface area contributed by atoms with Crippen molar-refractivity contribution in [2.24, 2.45) is 0 Å². The standard InChI is InChI=1S/C12H14BN3O/c13-10-9(6-7-17)15-12(14)16-11(10)8-4-2-1-3-5-8/h1-5,17H,6-7,13H2,(H2,14,15,16). The maximum atomic E-state index is 9.00. The van der Waals surface area contributed by atoms with Crippen LogP contribution >= 0.6 is 0 Å². The van der Waals surface area contributed by atoms with E-state index < -0.39 is 0 Å². The Balaban J connectivity index is 2.54. The highest BCUT2D eigenvalue weighted by Gasteiger charge is 2.10. The molecule has 4 nitrogen and oxygen atoms in total. The summed E-state index contributed by atoms with van der Waals surface area (Å²) in [5.41, 5.74) is 9.32. The lowest BCUT2D eigenvalue weighted by Crippen LogP contribution is -2.20. The molecule has 1 aromatic heterocycles. The molecule has 86 valence electrons. The fraction of sp³-hybridized carbons (Fsp3) is 0.167. The molecule has 0 radical (unpaired) electrons. The first-order chi connectivity index (χ1) is 8.22. The minimum Gasteiger partial charge on any atom is -0.396 e. The first kappa shape index (κ1) is 11.6. The van der Waals surface area contributed by atoms with Crippen molar-refractivity contribution >= 4 is 19.3 Å². The zero-order valence-corrected chi connectivity index (χ0v) is 9.72. The van der Waals surface area contributed by atoms with Crippen molar-refractivity contribution in [1.82, 2.24) is 9.97 Å². The van der Waals surface area contributed by atoms with Crippen LogP contribution in [-0.2, 0) is 6.42 Å². The molecular formula is C12H14BN3O. The molecule has 0 amide bonds. The molecular weight excluding hydrogens is 213 g/mol. The van der Waals surface area contributed by atoms with Crippen molar-refractivity contribution in [1.29, 1.82) is 0 Å². The minimum atomic E-state index is 0.0610. The van der Waals surface area contributed by atoms with E-state index in [1.165, 1.54) is 0 Å². The minimum absolute atomic E-state index is 0.0610. The lowest BCUT2D eigenvalue weighted by atomic mass is 9.88. The van der Waals surface area contributed by atoms with Gasteiger partial charge in [0, 0.05) is 18.7 Å². The van der Waals surface area contributed by atoms with Crippen molar-refractivity contribution in [3.63, 3.8) is 0 Å². The van der Waals surface area contributed by atoms with Crippen LogP contribution in [-0.4, -0.2) is 29.5 Å². The van der Waals surface area contributed by atoms with Gasteiger partial charge >= 0.3 is 0 Å². The van der Waals surface area contributed by atoms with Gasteiger partial charge in [-0.05, 0) is 11.0 Å². The molecule has 0 atom stereocenters. The summed E-state index contributed by atoms with van der Waals surface area (Å²) in [6.07, 6.45) is 0.498. The van der Waals surface area contributed by atoms with Gasteiger partial charge in [0.15, 0.2) is 0 Å². The summed E-state index contributed by atoms with van der Waals surface area (Å²) in [4.78, 5) is 8.43. The van der Waals surface area contributed by atoms with Crippen LogP contribution in [0, 0.1) is 0 Å². The molecule has 0 unspecified atom stereocenters. The number of benzene rings is 1. The van der Waals surface area contributed by atoms with Crippen molar-refractivity contribution in [3.05, 3.63) is 36.0 Å². The average molecular weight is 227 g/mol. The van der Waals surface area contributed by atoms with E-state index >= 15 is 0 Å². The Labute approximate surface area is 101 Å². The number of aliphatic hydroxyl groups excluding tert-OH is 1. The van der Waals surface area contributed by atoms with Crippen molar-refractivity contribution in [2.75, 3.05) is 12.3 Å². The van der Waals surface area contributed by atoms with Gasteiger partial charge in [-0.15, -0.1) is 0 Å². The fourth-order valence-electron chi connectivity index (χ4n) is 1.81. The van der Waals surface area contributed by atoms with Crippen LogP contribution in [0.1, 0.15) is 5.69 Å². The zero-order valence-electron chi connectivity index (χ0n) is 9.72. The van der Waals surface area contributed by atoms with Gasteiger partial charge in [-0.1, -0.05) is 30.3 Å². The average Bonchev–Trinajstić information content (AvgIpc) is 2.35. The molecule has 0 saturated heterocycles. The molecule has 2 rings (SSSR count). The van der Waals surface area contributed by atoms with Gasteiger partial charge < -0.3 is 10.8 Å². The summed E-state index contributed by atoms with van der Waals surface area (Å²) in [5.74, 6) is 0.248. The number of nitrogens with zero attached hydrogens (tertiary/aromatic N) is 2. The summed E-state index contributed by atoms with van der Waals surface area (Å²) in [5, 5.41) is 9.00. The van der Waals surface area contributed by atoms with Crippen LogP contribution < -0.4 is 11.2 Å². The second-order valence-electron chi connectivity index (χ2n) is 3.84. The summed E-state index contributed by atoms with van der Waals surface area (Å²) < 4.78 is 0. The van der Waals surface area contributed by atoms with Gasteiger partial charge in [0.25, 0.3) is 0 Å². The van der Waals surface area contributed by atoms with E-state index in [1.54, 1.807) is 0 Å². The SMILES string of the molecule is Bc1c(CCO)nc(N)nc1-c1ccccc1. The van der Waals surface area contributed by atoms with E-state index in [0.717, 1.165) is 22.4 Å². The number of nitrogens with two attached hydrogens (primary N) is 1. The van der Waals surface area contributed by atoms with Gasteiger partial charge in [-0.3, -0.25) is 0 Å². The van der Waals surface area contributed by atoms with E-state index in [9.17, 15) is 0 Å². The lowest BCUT2D eigenvalue weighted by molar-refractivity contribution is 0.298. The summed E-state index contributed by atoms with van der Waals surface area (Å²) in [6.45, 7) is 0.0610. The second-order valence-corrected chi connectivity index (χ2v) is 3.84. The predicted octanol–water partition coefficient (Wildman–Crippen LogP) is -0.481. The Bertz CT molecular complexity index is 517. The zero-order chi connectivity index (χ0) is 12.3. The van der Waals surface area contributed by atoms with E-state index in [-0.39, 0.29) is 12.6 Å². The van der Waals surface area contributed by atoms with Crippen LogP contribution in [0.3, 0.4) is 0 Å². The molecule has 5 heteroatoms. The number of rotatable bonds is 3. The summed E-state index contributed by atoms with van der Waals surface area (Å²) >= 11 is 0. The highest BCUT2D eigenvalue weighted by Crippen LogP contribution is 2.15. The second kappa shape index (κ2) is 4.97. The van der Waals surface area contributed by atoms with E-state index in [0.29, 0.717) is 6.42 Å². The third kappa shape index (κ3) is 2.45. The van der Waals surface area contributed by atoms with E-state index in [4.69, 9.17) is 10.8 Å². The lowest BCUT2D eigenvalue weighted by Gasteiger charge is -2.10. The predicted molar refractivity (Wildman–Crippen MR) is 70.8 cm³/mol. The summed E-state index contributed by atoms with van der Waals surface area (Å²) in [7, 11) is 1.95. The number of aromatic nitrogens is 2. The molecule has 1 aromatic carbocycles. The highest BCUT2D eigenvalue weighted by molar-refractivity contribution is 6.36. The van der Waals surface area contributed by atoms with Gasteiger partial charge in [0.1, 0.15) is 7.85 Å². The van der Waals surface area contributed by atoms with Gasteiger partial charge in [-0.25, -0.2) is 9.97 Å². The quantitative estimate of drug-likeness (QED) is 0.694. The number of hydrogen-bond donors (Lipinski definition) is 2. The first-order valence-electron chi connectivity index (χ1n) is 5.51. The molecule has 0 aliphatic heterocycles. The number of hydrogen-bond acceptors (Lipinski definition) is 4. The number of aliphatic hydroxyl groups is 1. The molecule has 0 bridgehead atoms. The van der Waals surface area contributed by atoms with Crippen LogP contribution in [0.15, 0.2) is 30.3 Å². The Kier molecular flexibility index (Phi) is 3.39. The van der Waals surface area contributed by atoms with E-state index in [2.05, 4.69) is 9.97 Å². The normalized spacial score (nSPS) is 10.4. The summed E-state index contributed by atoms with van der Waals surface area (Å²) in [6, 6.07) is 9.84. The molecule has 0 fully saturated rings. The van der Waals surface area contributed by atoms with E-state index in [1.807, 2.05) is 38.2 Å².